The highest BCUT2D eigenvalue weighted by Gasteiger charge is 3.14. The molecule has 6 saturated carbocycles. The van der Waals surface area contributed by atoms with Crippen LogP contribution in [0, 0.1) is 65.0 Å². The van der Waals surface area contributed by atoms with Crippen molar-refractivity contribution in [1.29, 1.82) is 0 Å². The Morgan fingerprint density at radius 1 is 0.367 bits per heavy atom. The summed E-state index contributed by atoms with van der Waals surface area (Å²) in [5.74, 6) is 0. The van der Waals surface area contributed by atoms with E-state index in [2.05, 4.69) is 111 Å². The summed E-state index contributed by atoms with van der Waals surface area (Å²) >= 11 is 0. The van der Waals surface area contributed by atoms with Gasteiger partial charge in [0.15, 0.2) is 0 Å². The molecule has 0 spiro atoms. The maximum Gasteiger partial charge on any atom is 0.000781 e. The molecule has 6 aliphatic rings. The molecule has 0 aliphatic heterocycles. The molecular weight excluding hydrogens is 360 g/mol. The monoisotopic (exact) mass is 410 g/mol. The molecule has 9 unspecified atom stereocenters. The number of hydrogen-bond donors (Lipinski definition) is 0. The molecule has 6 bridgehead atoms. The first-order chi connectivity index (χ1) is 12.9. The van der Waals surface area contributed by atoms with Crippen molar-refractivity contribution in [2.24, 2.45) is 65.0 Å². The number of hydrogen-bond acceptors (Lipinski definition) is 0. The first-order valence-corrected chi connectivity index (χ1v) is 12.6. The first-order valence-electron chi connectivity index (χ1n) is 12.6. The van der Waals surface area contributed by atoms with E-state index in [0.717, 1.165) is 0 Å². The molecule has 0 aromatic rings. The van der Waals surface area contributed by atoms with Crippen molar-refractivity contribution in [3.63, 3.8) is 0 Å². The molecule has 0 heteroatoms. The van der Waals surface area contributed by atoms with Gasteiger partial charge in [0, 0.05) is 5.41 Å². The van der Waals surface area contributed by atoms with Crippen LogP contribution >= 0.6 is 0 Å². The first kappa shape index (κ1) is 21.6. The average Bonchev–Trinajstić information content (AvgIpc) is 2.75. The van der Waals surface area contributed by atoms with E-state index in [-0.39, 0.29) is 54.1 Å². The highest BCUT2D eigenvalue weighted by molar-refractivity contribution is 5.61. The molecule has 0 amide bonds. The minimum absolute atomic E-state index is 0.0787. The Morgan fingerprint density at radius 2 is 0.633 bits per heavy atom. The van der Waals surface area contributed by atoms with E-state index >= 15 is 0 Å². The molecular formula is C30H50. The van der Waals surface area contributed by atoms with Crippen molar-refractivity contribution in [2.75, 3.05) is 0 Å². The van der Waals surface area contributed by atoms with Crippen molar-refractivity contribution < 1.29 is 0 Å². The highest BCUT2D eigenvalue weighted by atomic mass is 15.2. The van der Waals surface area contributed by atoms with Gasteiger partial charge in [0.1, 0.15) is 0 Å². The summed E-state index contributed by atoms with van der Waals surface area (Å²) in [6.45, 7) is 47.6. The van der Waals surface area contributed by atoms with Crippen molar-refractivity contribution in [1.82, 2.24) is 0 Å². The zero-order valence-electron chi connectivity index (χ0n) is 23.2. The van der Waals surface area contributed by atoms with Crippen molar-refractivity contribution >= 4 is 0 Å². The standard InChI is InChI=1S/C30H50/c1-18(2)22(9)24(11)21(7,8)27(14)28(22,15)30(17)26(13)20(5,6)23(24,10)19(3,4)25(26,12)29(27,30)16/h1H2,2-17H3. The number of allylic oxidation sites excluding steroid dienone is 1. The van der Waals surface area contributed by atoms with Gasteiger partial charge in [-0.1, -0.05) is 116 Å². The molecule has 6 aliphatic carbocycles. The van der Waals surface area contributed by atoms with E-state index in [1.54, 1.807) is 0 Å². The molecule has 0 nitrogen and oxygen atoms in total. The van der Waals surface area contributed by atoms with Crippen molar-refractivity contribution in [2.45, 2.75) is 111 Å². The molecule has 0 heterocycles. The molecule has 6 rings (SSSR count). The van der Waals surface area contributed by atoms with Crippen molar-refractivity contribution in [3.8, 4) is 0 Å². The maximum absolute atomic E-state index is 4.79. The molecule has 0 aromatic heterocycles. The third-order valence-corrected chi connectivity index (χ3v) is 18.4. The molecule has 30 heavy (non-hydrogen) atoms. The van der Waals surface area contributed by atoms with Crippen LogP contribution in [0.15, 0.2) is 12.2 Å². The summed E-state index contributed by atoms with van der Waals surface area (Å²) in [6, 6.07) is 0. The quantitative estimate of drug-likeness (QED) is 0.379. The summed E-state index contributed by atoms with van der Waals surface area (Å²) in [5.41, 5.74) is 4.02. The van der Waals surface area contributed by atoms with Crippen LogP contribution in [0.25, 0.3) is 0 Å². The topological polar surface area (TPSA) is 0 Å². The fourth-order valence-corrected chi connectivity index (χ4v) is 16.3. The number of rotatable bonds is 1. The highest BCUT2D eigenvalue weighted by Crippen LogP contribution is 3.17. The maximum atomic E-state index is 4.79. The van der Waals surface area contributed by atoms with E-state index < -0.39 is 0 Å². The Kier molecular flexibility index (Phi) is 2.85. The van der Waals surface area contributed by atoms with Crippen molar-refractivity contribution in [3.05, 3.63) is 12.2 Å². The second kappa shape index (κ2) is 3.96. The summed E-state index contributed by atoms with van der Waals surface area (Å²) in [7, 11) is 0. The minimum atomic E-state index is 0.0787. The SMILES string of the molecule is C=C(C)C1(C)C2(C)C(C)(C)C3(C)C1(C)C1(C)C4(C)C(C)(C)C2(C)C(C)(C)C4(C)C31C. The third kappa shape index (κ3) is 0.885. The van der Waals surface area contributed by atoms with Gasteiger partial charge in [-0.15, -0.1) is 0 Å². The van der Waals surface area contributed by atoms with Gasteiger partial charge in [0.05, 0.1) is 0 Å². The van der Waals surface area contributed by atoms with Gasteiger partial charge in [0.2, 0.25) is 0 Å². The van der Waals surface area contributed by atoms with Crippen LogP contribution in [0.1, 0.15) is 111 Å². The van der Waals surface area contributed by atoms with Crippen LogP contribution in [-0.4, -0.2) is 0 Å². The van der Waals surface area contributed by atoms with Gasteiger partial charge >= 0.3 is 0 Å². The molecule has 170 valence electrons. The van der Waals surface area contributed by atoms with E-state index in [1.165, 1.54) is 5.57 Å². The average molecular weight is 411 g/mol. The Labute approximate surface area is 188 Å². The normalized spacial score (nSPS) is 69.5. The van der Waals surface area contributed by atoms with E-state index in [9.17, 15) is 0 Å². The van der Waals surface area contributed by atoms with Crippen LogP contribution in [0.3, 0.4) is 0 Å². The zero-order valence-corrected chi connectivity index (χ0v) is 23.2. The lowest BCUT2D eigenvalue weighted by Gasteiger charge is -3.00. The predicted molar refractivity (Wildman–Crippen MR) is 129 cm³/mol. The largest absolute Gasteiger partial charge is 0.0995 e. The zero-order chi connectivity index (χ0) is 23.6. The Balaban J connectivity index is 2.18. The Bertz CT molecular complexity index is 955. The Morgan fingerprint density at radius 3 is 0.967 bits per heavy atom. The van der Waals surface area contributed by atoms with Gasteiger partial charge in [-0.05, 0) is 66.5 Å². The van der Waals surface area contributed by atoms with Crippen LogP contribution < -0.4 is 0 Å². The molecule has 0 N–H and O–H groups in total. The molecule has 0 radical (unpaired) electrons. The molecule has 0 saturated heterocycles. The van der Waals surface area contributed by atoms with Gasteiger partial charge in [-0.3, -0.25) is 0 Å². The van der Waals surface area contributed by atoms with Crippen LogP contribution in [0.5, 0.6) is 0 Å². The lowest BCUT2D eigenvalue weighted by molar-refractivity contribution is -0.539. The third-order valence-electron chi connectivity index (χ3n) is 18.4. The predicted octanol–water partition coefficient (Wildman–Crippen LogP) is 8.77. The fourth-order valence-electron chi connectivity index (χ4n) is 16.3. The Hall–Kier alpha value is -0.260. The van der Waals surface area contributed by atoms with Crippen LogP contribution in [0.4, 0.5) is 0 Å². The fraction of sp³-hybridized carbons (Fsp3) is 0.933. The summed E-state index contributed by atoms with van der Waals surface area (Å²) in [4.78, 5) is 0. The van der Waals surface area contributed by atoms with Crippen LogP contribution in [-0.2, 0) is 0 Å². The van der Waals surface area contributed by atoms with Gasteiger partial charge in [0.25, 0.3) is 0 Å². The van der Waals surface area contributed by atoms with Gasteiger partial charge < -0.3 is 0 Å². The van der Waals surface area contributed by atoms with E-state index in [0.29, 0.717) is 10.8 Å². The van der Waals surface area contributed by atoms with Gasteiger partial charge in [-0.2, -0.15) is 0 Å². The van der Waals surface area contributed by atoms with Gasteiger partial charge in [-0.25, -0.2) is 0 Å². The molecule has 0 aromatic carbocycles. The minimum Gasteiger partial charge on any atom is -0.0995 e. The van der Waals surface area contributed by atoms with E-state index in [4.69, 9.17) is 6.58 Å². The summed E-state index contributed by atoms with van der Waals surface area (Å²) in [6.07, 6.45) is 0. The summed E-state index contributed by atoms with van der Waals surface area (Å²) < 4.78 is 0. The smallest absolute Gasteiger partial charge is 0.000781 e. The lowest BCUT2D eigenvalue weighted by atomic mass is 9.03. The van der Waals surface area contributed by atoms with Crippen LogP contribution in [0.2, 0.25) is 0 Å². The lowest BCUT2D eigenvalue weighted by Crippen LogP contribution is -2.97. The second-order valence-corrected chi connectivity index (χ2v) is 15.8. The molecule has 6 fully saturated rings. The van der Waals surface area contributed by atoms with E-state index in [1.807, 2.05) is 0 Å². The summed E-state index contributed by atoms with van der Waals surface area (Å²) in [5, 5.41) is 0. The second-order valence-electron chi connectivity index (χ2n) is 15.8. The molecule has 9 atom stereocenters.